The van der Waals surface area contributed by atoms with E-state index in [0.717, 1.165) is 9.35 Å². The van der Waals surface area contributed by atoms with Crippen LogP contribution >= 0.6 is 27.3 Å². The molecule has 1 N–H and O–H groups in total. The van der Waals surface area contributed by atoms with Gasteiger partial charge in [0.05, 0.1) is 3.79 Å². The molecule has 1 aromatic rings. The standard InChI is InChI=1S/C9H10BrNOS/c1-2-3-8(12)11-6-7-4-5-13-9(7)10/h2-5H,6H2,1H3,(H,11,12)/b3-2+. The number of hydrogen-bond acceptors (Lipinski definition) is 2. The van der Waals surface area contributed by atoms with Crippen molar-refractivity contribution in [1.82, 2.24) is 5.32 Å². The van der Waals surface area contributed by atoms with E-state index in [1.54, 1.807) is 17.4 Å². The molecule has 1 heterocycles. The van der Waals surface area contributed by atoms with Crippen molar-refractivity contribution in [3.8, 4) is 0 Å². The molecule has 0 aliphatic heterocycles. The van der Waals surface area contributed by atoms with Crippen molar-refractivity contribution in [3.63, 3.8) is 0 Å². The summed E-state index contributed by atoms with van der Waals surface area (Å²) in [6.07, 6.45) is 3.23. The lowest BCUT2D eigenvalue weighted by Gasteiger charge is -1.99. The highest BCUT2D eigenvalue weighted by Crippen LogP contribution is 2.22. The van der Waals surface area contributed by atoms with Gasteiger partial charge < -0.3 is 5.32 Å². The van der Waals surface area contributed by atoms with Gasteiger partial charge in [0.1, 0.15) is 0 Å². The van der Waals surface area contributed by atoms with Crippen LogP contribution in [0.3, 0.4) is 0 Å². The van der Waals surface area contributed by atoms with Crippen LogP contribution in [-0.2, 0) is 11.3 Å². The SMILES string of the molecule is C/C=C/C(=O)NCc1ccsc1Br. The van der Waals surface area contributed by atoms with E-state index >= 15 is 0 Å². The van der Waals surface area contributed by atoms with Crippen LogP contribution in [-0.4, -0.2) is 5.91 Å². The Hall–Kier alpha value is -0.610. The molecule has 0 radical (unpaired) electrons. The second kappa shape index (κ2) is 5.19. The monoisotopic (exact) mass is 259 g/mol. The summed E-state index contributed by atoms with van der Waals surface area (Å²) in [6.45, 7) is 2.40. The second-order valence-electron chi connectivity index (χ2n) is 2.44. The van der Waals surface area contributed by atoms with Gasteiger partial charge in [0, 0.05) is 6.54 Å². The first-order valence-corrected chi connectivity index (χ1v) is 5.53. The molecule has 0 aliphatic rings. The molecule has 4 heteroatoms. The number of amides is 1. The molecule has 0 unspecified atom stereocenters. The lowest BCUT2D eigenvalue weighted by atomic mass is 10.3. The summed E-state index contributed by atoms with van der Waals surface area (Å²) < 4.78 is 1.08. The quantitative estimate of drug-likeness (QED) is 0.832. The lowest BCUT2D eigenvalue weighted by Crippen LogP contribution is -2.19. The van der Waals surface area contributed by atoms with Gasteiger partial charge in [-0.15, -0.1) is 11.3 Å². The maximum Gasteiger partial charge on any atom is 0.243 e. The molecule has 0 aromatic carbocycles. The average Bonchev–Trinajstić information content (AvgIpc) is 2.48. The number of hydrogen-bond donors (Lipinski definition) is 1. The predicted molar refractivity (Wildman–Crippen MR) is 58.7 cm³/mol. The van der Waals surface area contributed by atoms with Crippen LogP contribution in [0.4, 0.5) is 0 Å². The molecule has 0 atom stereocenters. The zero-order valence-electron chi connectivity index (χ0n) is 7.21. The topological polar surface area (TPSA) is 29.1 Å². The molecule has 0 saturated carbocycles. The van der Waals surface area contributed by atoms with E-state index in [4.69, 9.17) is 0 Å². The number of rotatable bonds is 3. The Labute approximate surface area is 89.8 Å². The summed E-state index contributed by atoms with van der Waals surface area (Å²) in [5.41, 5.74) is 1.11. The minimum absolute atomic E-state index is 0.0550. The van der Waals surface area contributed by atoms with E-state index in [0.29, 0.717) is 6.54 Å². The number of carbonyl (C=O) groups is 1. The number of halogens is 1. The third-order valence-corrected chi connectivity index (χ3v) is 3.28. The summed E-state index contributed by atoms with van der Waals surface area (Å²) >= 11 is 5.02. The van der Waals surface area contributed by atoms with E-state index in [-0.39, 0.29) is 5.91 Å². The first-order valence-electron chi connectivity index (χ1n) is 3.86. The Morgan fingerprint density at radius 3 is 3.08 bits per heavy atom. The highest BCUT2D eigenvalue weighted by atomic mass is 79.9. The molecular formula is C9H10BrNOS. The minimum Gasteiger partial charge on any atom is -0.348 e. The summed E-state index contributed by atoms with van der Waals surface area (Å²) in [6, 6.07) is 1.99. The summed E-state index contributed by atoms with van der Waals surface area (Å²) in [7, 11) is 0. The Balaban J connectivity index is 2.44. The number of carbonyl (C=O) groups excluding carboxylic acids is 1. The van der Waals surface area contributed by atoms with Crippen LogP contribution in [0.1, 0.15) is 12.5 Å². The smallest absolute Gasteiger partial charge is 0.243 e. The molecule has 0 aliphatic carbocycles. The number of nitrogens with one attached hydrogen (secondary N) is 1. The summed E-state index contributed by atoms with van der Waals surface area (Å²) in [5.74, 6) is -0.0550. The zero-order valence-corrected chi connectivity index (χ0v) is 9.61. The van der Waals surface area contributed by atoms with Crippen LogP contribution in [0.25, 0.3) is 0 Å². The van der Waals surface area contributed by atoms with Gasteiger partial charge in [0.15, 0.2) is 0 Å². The average molecular weight is 260 g/mol. The summed E-state index contributed by atoms with van der Waals surface area (Å²) in [5, 5.41) is 4.77. The third kappa shape index (κ3) is 3.32. The van der Waals surface area contributed by atoms with Crippen molar-refractivity contribution in [2.45, 2.75) is 13.5 Å². The molecule has 13 heavy (non-hydrogen) atoms. The molecule has 0 spiro atoms. The number of thiophene rings is 1. The lowest BCUT2D eigenvalue weighted by molar-refractivity contribution is -0.116. The van der Waals surface area contributed by atoms with Crippen molar-refractivity contribution in [2.75, 3.05) is 0 Å². The van der Waals surface area contributed by atoms with Gasteiger partial charge in [-0.1, -0.05) is 6.08 Å². The van der Waals surface area contributed by atoms with Gasteiger partial charge in [0.2, 0.25) is 5.91 Å². The zero-order chi connectivity index (χ0) is 9.68. The Morgan fingerprint density at radius 2 is 2.54 bits per heavy atom. The fourth-order valence-corrected chi connectivity index (χ4v) is 2.08. The van der Waals surface area contributed by atoms with E-state index in [1.165, 1.54) is 6.08 Å². The molecule has 0 bridgehead atoms. The number of allylic oxidation sites excluding steroid dienone is 1. The molecule has 0 saturated heterocycles. The Morgan fingerprint density at radius 1 is 1.77 bits per heavy atom. The maximum absolute atomic E-state index is 11.0. The van der Waals surface area contributed by atoms with Crippen molar-refractivity contribution in [1.29, 1.82) is 0 Å². The highest BCUT2D eigenvalue weighted by molar-refractivity contribution is 9.11. The molecule has 2 nitrogen and oxygen atoms in total. The van der Waals surface area contributed by atoms with E-state index in [1.807, 2.05) is 18.4 Å². The van der Waals surface area contributed by atoms with Gasteiger partial charge in [-0.3, -0.25) is 4.79 Å². The van der Waals surface area contributed by atoms with Gasteiger partial charge in [-0.25, -0.2) is 0 Å². The van der Waals surface area contributed by atoms with Gasteiger partial charge in [0.25, 0.3) is 0 Å². The van der Waals surface area contributed by atoms with Crippen LogP contribution < -0.4 is 5.32 Å². The molecule has 0 fully saturated rings. The fourth-order valence-electron chi connectivity index (χ4n) is 0.838. The third-order valence-electron chi connectivity index (χ3n) is 1.46. The van der Waals surface area contributed by atoms with Crippen molar-refractivity contribution >= 4 is 33.2 Å². The van der Waals surface area contributed by atoms with Gasteiger partial charge >= 0.3 is 0 Å². The fraction of sp³-hybridized carbons (Fsp3) is 0.222. The second-order valence-corrected chi connectivity index (χ2v) is 4.67. The molecular weight excluding hydrogens is 250 g/mol. The Kier molecular flexibility index (Phi) is 4.18. The molecule has 1 rings (SSSR count). The van der Waals surface area contributed by atoms with Crippen LogP contribution in [0.15, 0.2) is 27.4 Å². The normalized spacial score (nSPS) is 10.6. The largest absolute Gasteiger partial charge is 0.348 e. The first-order chi connectivity index (χ1) is 6.24. The van der Waals surface area contributed by atoms with Crippen molar-refractivity contribution in [2.24, 2.45) is 0 Å². The van der Waals surface area contributed by atoms with Crippen molar-refractivity contribution < 1.29 is 4.79 Å². The maximum atomic E-state index is 11.0. The van der Waals surface area contributed by atoms with E-state index in [2.05, 4.69) is 21.2 Å². The predicted octanol–water partition coefficient (Wildman–Crippen LogP) is 2.70. The van der Waals surface area contributed by atoms with Crippen molar-refractivity contribution in [3.05, 3.63) is 32.9 Å². The molecule has 1 amide bonds. The van der Waals surface area contributed by atoms with Crippen LogP contribution in [0.5, 0.6) is 0 Å². The minimum atomic E-state index is -0.0550. The molecule has 1 aromatic heterocycles. The molecule has 70 valence electrons. The van der Waals surface area contributed by atoms with E-state index < -0.39 is 0 Å². The first kappa shape index (κ1) is 10.5. The van der Waals surface area contributed by atoms with E-state index in [9.17, 15) is 4.79 Å². The van der Waals surface area contributed by atoms with Gasteiger partial charge in [-0.05, 0) is 45.9 Å². The highest BCUT2D eigenvalue weighted by Gasteiger charge is 2.01. The Bertz CT molecular complexity index is 319. The van der Waals surface area contributed by atoms with Crippen LogP contribution in [0, 0.1) is 0 Å². The summed E-state index contributed by atoms with van der Waals surface area (Å²) in [4.78, 5) is 11.0. The van der Waals surface area contributed by atoms with Gasteiger partial charge in [-0.2, -0.15) is 0 Å². The van der Waals surface area contributed by atoms with Crippen LogP contribution in [0.2, 0.25) is 0 Å².